The number of likely N-dealkylation sites (tertiary alicyclic amines) is 1. The Morgan fingerprint density at radius 2 is 2.17 bits per heavy atom. The molecule has 7 nitrogen and oxygen atoms in total. The molecule has 1 saturated carbocycles. The van der Waals surface area contributed by atoms with Crippen molar-refractivity contribution < 1.29 is 24.2 Å². The number of ether oxygens (including phenoxy) is 2. The molecule has 1 aromatic heterocycles. The number of hydrogen-bond donors (Lipinski definition) is 1. The maximum Gasteiger partial charge on any atom is 0.305 e. The summed E-state index contributed by atoms with van der Waals surface area (Å²) in [4.78, 5) is 29.6. The normalized spacial score (nSPS) is 23.8. The van der Waals surface area contributed by atoms with Crippen LogP contribution in [0.25, 0.3) is 0 Å². The molecular formula is C17H22N2O5. The molecule has 1 N–H and O–H groups in total. The molecule has 2 unspecified atom stereocenters. The zero-order valence-electron chi connectivity index (χ0n) is 13.7. The monoisotopic (exact) mass is 334 g/mol. The second-order valence-corrected chi connectivity index (χ2v) is 6.36. The lowest BCUT2D eigenvalue weighted by Crippen LogP contribution is -2.37. The summed E-state index contributed by atoms with van der Waals surface area (Å²) in [6.45, 7) is 0.397. The van der Waals surface area contributed by atoms with Gasteiger partial charge in [0, 0.05) is 37.5 Å². The predicted octanol–water partition coefficient (Wildman–Crippen LogP) is 1.72. The van der Waals surface area contributed by atoms with Crippen LogP contribution in [0.3, 0.4) is 0 Å². The van der Waals surface area contributed by atoms with E-state index in [0.717, 1.165) is 19.3 Å². The van der Waals surface area contributed by atoms with Crippen molar-refractivity contribution in [2.24, 2.45) is 0 Å². The van der Waals surface area contributed by atoms with E-state index in [9.17, 15) is 9.59 Å². The first-order valence-corrected chi connectivity index (χ1v) is 8.25. The number of pyridine rings is 1. The number of carbonyl (C=O) groups is 2. The number of nitrogens with zero attached hydrogens (tertiary/aromatic N) is 2. The number of hydrogen-bond acceptors (Lipinski definition) is 5. The smallest absolute Gasteiger partial charge is 0.305 e. The Kier molecular flexibility index (Phi) is 4.99. The van der Waals surface area contributed by atoms with E-state index in [-0.39, 0.29) is 30.6 Å². The first-order valence-electron chi connectivity index (χ1n) is 8.25. The van der Waals surface area contributed by atoms with Crippen molar-refractivity contribution in [1.29, 1.82) is 0 Å². The maximum atomic E-state index is 12.8. The second kappa shape index (κ2) is 7.17. The highest BCUT2D eigenvalue weighted by Gasteiger charge is 2.37. The molecule has 2 heterocycles. The summed E-state index contributed by atoms with van der Waals surface area (Å²) in [7, 11) is 1.58. The molecular weight excluding hydrogens is 312 g/mol. The summed E-state index contributed by atoms with van der Waals surface area (Å²) >= 11 is 0. The third-order valence-corrected chi connectivity index (χ3v) is 4.70. The van der Waals surface area contributed by atoms with Crippen LogP contribution in [0.1, 0.15) is 42.5 Å². The average molecular weight is 334 g/mol. The van der Waals surface area contributed by atoms with Crippen LogP contribution in [-0.4, -0.2) is 58.8 Å². The predicted molar refractivity (Wildman–Crippen MR) is 85.0 cm³/mol. The molecule has 130 valence electrons. The van der Waals surface area contributed by atoms with Gasteiger partial charge in [0.25, 0.3) is 5.91 Å². The lowest BCUT2D eigenvalue weighted by atomic mass is 9.96. The van der Waals surface area contributed by atoms with Gasteiger partial charge in [0.1, 0.15) is 6.10 Å². The first-order chi connectivity index (χ1) is 11.6. The van der Waals surface area contributed by atoms with E-state index in [4.69, 9.17) is 14.6 Å². The standard InChI is InChI=1S/C17H22N2O5/c1-23-14-8-12(9-16(20)21)19(10-14)17(22)11-5-6-18-15(7-11)24-13-3-2-4-13/h5-7,12-14H,2-4,8-10H2,1H3,(H,20,21). The van der Waals surface area contributed by atoms with Crippen LogP contribution < -0.4 is 4.74 Å². The molecule has 1 aromatic rings. The van der Waals surface area contributed by atoms with Crippen molar-refractivity contribution in [2.45, 2.75) is 50.4 Å². The second-order valence-electron chi connectivity index (χ2n) is 6.36. The number of aliphatic carboxylic acids is 1. The Labute approximate surface area is 140 Å². The van der Waals surface area contributed by atoms with Crippen molar-refractivity contribution in [2.75, 3.05) is 13.7 Å². The quantitative estimate of drug-likeness (QED) is 0.852. The fraction of sp³-hybridized carbons (Fsp3) is 0.588. The lowest BCUT2D eigenvalue weighted by molar-refractivity contribution is -0.138. The Bertz CT molecular complexity index is 617. The minimum absolute atomic E-state index is 0.0812. The summed E-state index contributed by atoms with van der Waals surface area (Å²) < 4.78 is 11.1. The largest absolute Gasteiger partial charge is 0.481 e. The maximum absolute atomic E-state index is 12.8. The van der Waals surface area contributed by atoms with Gasteiger partial charge in [-0.1, -0.05) is 0 Å². The van der Waals surface area contributed by atoms with Gasteiger partial charge in [-0.3, -0.25) is 9.59 Å². The van der Waals surface area contributed by atoms with Crippen LogP contribution in [0.15, 0.2) is 18.3 Å². The fourth-order valence-electron chi connectivity index (χ4n) is 3.12. The van der Waals surface area contributed by atoms with Crippen molar-refractivity contribution in [1.82, 2.24) is 9.88 Å². The van der Waals surface area contributed by atoms with Crippen molar-refractivity contribution in [3.8, 4) is 5.88 Å². The molecule has 0 radical (unpaired) electrons. The highest BCUT2D eigenvalue weighted by molar-refractivity contribution is 5.95. The first kappa shape index (κ1) is 16.7. The van der Waals surface area contributed by atoms with Crippen LogP contribution in [0.5, 0.6) is 5.88 Å². The SMILES string of the molecule is COC1CC(CC(=O)O)N(C(=O)c2ccnc(OC3CCC3)c2)C1. The molecule has 2 atom stereocenters. The molecule has 2 aliphatic rings. The van der Waals surface area contributed by atoms with Crippen molar-refractivity contribution in [3.63, 3.8) is 0 Å². The lowest BCUT2D eigenvalue weighted by Gasteiger charge is -2.26. The molecule has 1 amide bonds. The van der Waals surface area contributed by atoms with E-state index in [1.165, 1.54) is 0 Å². The molecule has 0 bridgehead atoms. The Hall–Kier alpha value is -2.15. The van der Waals surface area contributed by atoms with Crippen LogP contribution in [0.4, 0.5) is 0 Å². The minimum atomic E-state index is -0.918. The summed E-state index contributed by atoms with van der Waals surface area (Å²) in [6.07, 6.45) is 5.25. The molecule has 0 spiro atoms. The fourth-order valence-corrected chi connectivity index (χ4v) is 3.12. The zero-order chi connectivity index (χ0) is 17.1. The van der Waals surface area contributed by atoms with Crippen molar-refractivity contribution in [3.05, 3.63) is 23.9 Å². The molecule has 24 heavy (non-hydrogen) atoms. The van der Waals surface area contributed by atoms with Crippen LogP contribution >= 0.6 is 0 Å². The van der Waals surface area contributed by atoms with Crippen LogP contribution in [0, 0.1) is 0 Å². The number of aromatic nitrogens is 1. The molecule has 1 aliphatic carbocycles. The number of carboxylic acid groups (broad SMARTS) is 1. The molecule has 3 rings (SSSR count). The molecule has 7 heteroatoms. The summed E-state index contributed by atoms with van der Waals surface area (Å²) in [5.74, 6) is -0.678. The van der Waals surface area contributed by atoms with E-state index in [1.54, 1.807) is 30.3 Å². The van der Waals surface area contributed by atoms with E-state index in [1.807, 2.05) is 0 Å². The Morgan fingerprint density at radius 3 is 2.79 bits per heavy atom. The van der Waals surface area contributed by atoms with Gasteiger partial charge < -0.3 is 19.5 Å². The van der Waals surface area contributed by atoms with E-state index in [2.05, 4.69) is 4.98 Å². The van der Waals surface area contributed by atoms with Crippen LogP contribution in [-0.2, 0) is 9.53 Å². The van der Waals surface area contributed by atoms with Crippen molar-refractivity contribution >= 4 is 11.9 Å². The van der Waals surface area contributed by atoms with Gasteiger partial charge in [-0.25, -0.2) is 4.98 Å². The number of amides is 1. The number of carbonyl (C=O) groups excluding carboxylic acids is 1. The average Bonchev–Trinajstić information content (AvgIpc) is 2.93. The topological polar surface area (TPSA) is 89.0 Å². The number of methoxy groups -OCH3 is 1. The number of rotatable bonds is 6. The molecule has 1 saturated heterocycles. The zero-order valence-corrected chi connectivity index (χ0v) is 13.7. The summed E-state index contributed by atoms with van der Waals surface area (Å²) in [5.41, 5.74) is 0.464. The van der Waals surface area contributed by atoms with Gasteiger partial charge >= 0.3 is 5.97 Å². The third kappa shape index (κ3) is 3.67. The highest BCUT2D eigenvalue weighted by atomic mass is 16.5. The summed E-state index contributed by atoms with van der Waals surface area (Å²) in [5, 5.41) is 9.07. The Balaban J connectivity index is 1.73. The molecule has 0 aromatic carbocycles. The van der Waals surface area contributed by atoms with Gasteiger partial charge in [-0.2, -0.15) is 0 Å². The van der Waals surface area contributed by atoms with Gasteiger partial charge in [0.2, 0.25) is 5.88 Å². The van der Waals surface area contributed by atoms with Gasteiger partial charge in [-0.05, 0) is 31.7 Å². The summed E-state index contributed by atoms with van der Waals surface area (Å²) in [6, 6.07) is 2.91. The van der Waals surface area contributed by atoms with Crippen LogP contribution in [0.2, 0.25) is 0 Å². The molecule has 1 aliphatic heterocycles. The van der Waals surface area contributed by atoms with Gasteiger partial charge in [0.15, 0.2) is 0 Å². The van der Waals surface area contributed by atoms with Gasteiger partial charge in [0.05, 0.1) is 12.5 Å². The highest BCUT2D eigenvalue weighted by Crippen LogP contribution is 2.27. The van der Waals surface area contributed by atoms with E-state index < -0.39 is 5.97 Å². The molecule has 2 fully saturated rings. The Morgan fingerprint density at radius 1 is 1.38 bits per heavy atom. The van der Waals surface area contributed by atoms with E-state index >= 15 is 0 Å². The van der Waals surface area contributed by atoms with E-state index in [0.29, 0.717) is 24.4 Å². The minimum Gasteiger partial charge on any atom is -0.481 e. The third-order valence-electron chi connectivity index (χ3n) is 4.70. The number of carboxylic acids is 1. The van der Waals surface area contributed by atoms with Gasteiger partial charge in [-0.15, -0.1) is 0 Å².